The summed E-state index contributed by atoms with van der Waals surface area (Å²) in [4.78, 5) is 11.8. The third kappa shape index (κ3) is 4.44. The van der Waals surface area contributed by atoms with Gasteiger partial charge in [-0.2, -0.15) is 0 Å². The number of carbonyl (C=O) groups is 1. The lowest BCUT2D eigenvalue weighted by Crippen LogP contribution is -2.39. The van der Waals surface area contributed by atoms with Crippen molar-refractivity contribution in [1.82, 2.24) is 4.72 Å². The molecule has 0 saturated heterocycles. The summed E-state index contributed by atoms with van der Waals surface area (Å²) >= 11 is 0. The molecule has 2 rings (SSSR count). The molecule has 21 heavy (non-hydrogen) atoms. The van der Waals surface area contributed by atoms with E-state index in [2.05, 4.69) is 10.0 Å². The van der Waals surface area contributed by atoms with Crippen LogP contribution in [0.3, 0.4) is 0 Å². The van der Waals surface area contributed by atoms with Gasteiger partial charge >= 0.3 is 0 Å². The summed E-state index contributed by atoms with van der Waals surface area (Å²) < 4.78 is 26.6. The first-order valence-electron chi connectivity index (χ1n) is 7.12. The average Bonchev–Trinajstić information content (AvgIpc) is 2.49. The lowest BCUT2D eigenvalue weighted by atomic mass is 10.0. The number of rotatable bonds is 5. The average molecular weight is 311 g/mol. The highest BCUT2D eigenvalue weighted by Gasteiger charge is 2.27. The SMILES string of the molecule is Nc1ccccc1NC(=O)CNS(=O)(=O)C1CCCCC1. The molecular formula is C14H21N3O3S. The summed E-state index contributed by atoms with van der Waals surface area (Å²) in [5.41, 5.74) is 6.65. The normalized spacial score (nSPS) is 16.6. The Morgan fingerprint density at radius 1 is 1.19 bits per heavy atom. The molecule has 7 heteroatoms. The first-order valence-corrected chi connectivity index (χ1v) is 8.66. The number of nitrogens with one attached hydrogen (secondary N) is 2. The summed E-state index contributed by atoms with van der Waals surface area (Å²) in [6.07, 6.45) is 4.28. The highest BCUT2D eigenvalue weighted by Crippen LogP contribution is 2.23. The third-order valence-corrected chi connectivity index (χ3v) is 5.56. The van der Waals surface area contributed by atoms with Gasteiger partial charge in [-0.3, -0.25) is 4.79 Å². The maximum atomic E-state index is 12.1. The van der Waals surface area contributed by atoms with E-state index >= 15 is 0 Å². The zero-order valence-corrected chi connectivity index (χ0v) is 12.7. The van der Waals surface area contributed by atoms with Gasteiger partial charge in [-0.1, -0.05) is 31.4 Å². The first kappa shape index (κ1) is 15.8. The van der Waals surface area contributed by atoms with Gasteiger partial charge in [-0.15, -0.1) is 0 Å². The molecule has 1 fully saturated rings. The van der Waals surface area contributed by atoms with E-state index in [0.29, 0.717) is 24.2 Å². The van der Waals surface area contributed by atoms with Gasteiger partial charge in [-0.25, -0.2) is 13.1 Å². The molecule has 0 radical (unpaired) electrons. The van der Waals surface area contributed by atoms with E-state index in [9.17, 15) is 13.2 Å². The van der Waals surface area contributed by atoms with Crippen LogP contribution < -0.4 is 15.8 Å². The third-order valence-electron chi connectivity index (χ3n) is 3.66. The molecule has 0 bridgehead atoms. The molecule has 0 heterocycles. The van der Waals surface area contributed by atoms with Crippen LogP contribution in [0, 0.1) is 0 Å². The van der Waals surface area contributed by atoms with Crippen molar-refractivity contribution in [3.63, 3.8) is 0 Å². The van der Waals surface area contributed by atoms with Crippen LogP contribution >= 0.6 is 0 Å². The van der Waals surface area contributed by atoms with E-state index in [1.807, 2.05) is 0 Å². The number of nitrogen functional groups attached to an aromatic ring is 1. The van der Waals surface area contributed by atoms with Crippen LogP contribution in [0.4, 0.5) is 11.4 Å². The standard InChI is InChI=1S/C14H21N3O3S/c15-12-8-4-5-9-13(12)17-14(18)10-16-21(19,20)11-6-2-1-3-7-11/h4-5,8-9,11,16H,1-3,6-7,10,15H2,(H,17,18). The van der Waals surface area contributed by atoms with Crippen LogP contribution in [0.2, 0.25) is 0 Å². The van der Waals surface area contributed by atoms with Gasteiger partial charge in [0.15, 0.2) is 0 Å². The molecule has 4 N–H and O–H groups in total. The van der Waals surface area contributed by atoms with Crippen molar-refractivity contribution in [3.05, 3.63) is 24.3 Å². The number of hydrogen-bond donors (Lipinski definition) is 3. The topological polar surface area (TPSA) is 101 Å². The fourth-order valence-corrected chi connectivity index (χ4v) is 3.99. The number of carbonyl (C=O) groups excluding carboxylic acids is 1. The van der Waals surface area contributed by atoms with E-state index in [-0.39, 0.29) is 11.8 Å². The van der Waals surface area contributed by atoms with Gasteiger partial charge in [0.2, 0.25) is 15.9 Å². The number of nitrogens with two attached hydrogens (primary N) is 1. The number of amides is 1. The van der Waals surface area contributed by atoms with E-state index in [0.717, 1.165) is 19.3 Å². The fourth-order valence-electron chi connectivity index (χ4n) is 2.46. The monoisotopic (exact) mass is 311 g/mol. The first-order chi connectivity index (χ1) is 9.99. The van der Waals surface area contributed by atoms with Crippen LogP contribution in [-0.4, -0.2) is 26.1 Å². The summed E-state index contributed by atoms with van der Waals surface area (Å²) in [7, 11) is -3.42. The minimum absolute atomic E-state index is 0.271. The van der Waals surface area contributed by atoms with Crippen molar-refractivity contribution in [2.75, 3.05) is 17.6 Å². The molecule has 1 aliphatic carbocycles. The van der Waals surface area contributed by atoms with Crippen molar-refractivity contribution in [1.29, 1.82) is 0 Å². The van der Waals surface area contributed by atoms with Crippen LogP contribution in [0.25, 0.3) is 0 Å². The lowest BCUT2D eigenvalue weighted by molar-refractivity contribution is -0.115. The highest BCUT2D eigenvalue weighted by molar-refractivity contribution is 7.90. The second-order valence-electron chi connectivity index (χ2n) is 5.26. The van der Waals surface area contributed by atoms with Crippen LogP contribution in [-0.2, 0) is 14.8 Å². The summed E-state index contributed by atoms with van der Waals surface area (Å²) in [6.45, 7) is -0.271. The Kier molecular flexibility index (Phi) is 5.19. The Hall–Kier alpha value is -1.60. The Bertz CT molecular complexity index is 595. The Morgan fingerprint density at radius 3 is 2.52 bits per heavy atom. The molecular weight excluding hydrogens is 290 g/mol. The van der Waals surface area contributed by atoms with Gasteiger partial charge in [-0.05, 0) is 25.0 Å². The van der Waals surface area contributed by atoms with Gasteiger partial charge < -0.3 is 11.1 Å². The quantitative estimate of drug-likeness (QED) is 0.716. The van der Waals surface area contributed by atoms with Crippen molar-refractivity contribution in [2.45, 2.75) is 37.4 Å². The number of benzene rings is 1. The minimum atomic E-state index is -3.42. The number of hydrogen-bond acceptors (Lipinski definition) is 4. The zero-order valence-electron chi connectivity index (χ0n) is 11.8. The minimum Gasteiger partial charge on any atom is -0.397 e. The maximum Gasteiger partial charge on any atom is 0.239 e. The van der Waals surface area contributed by atoms with Gasteiger partial charge in [0, 0.05) is 0 Å². The molecule has 0 unspecified atom stereocenters. The largest absolute Gasteiger partial charge is 0.397 e. The van der Waals surface area contributed by atoms with E-state index in [4.69, 9.17) is 5.73 Å². The predicted molar refractivity (Wildman–Crippen MR) is 83.3 cm³/mol. The maximum absolute atomic E-state index is 12.1. The van der Waals surface area contributed by atoms with Crippen LogP contribution in [0.15, 0.2) is 24.3 Å². The molecule has 1 aromatic carbocycles. The molecule has 1 aromatic rings. The predicted octanol–water partition coefficient (Wildman–Crippen LogP) is 1.46. The smallest absolute Gasteiger partial charge is 0.239 e. The van der Waals surface area contributed by atoms with Crippen molar-refractivity contribution >= 4 is 27.3 Å². The zero-order chi connectivity index (χ0) is 15.3. The number of sulfonamides is 1. The molecule has 116 valence electrons. The Balaban J connectivity index is 1.87. The molecule has 1 saturated carbocycles. The molecule has 6 nitrogen and oxygen atoms in total. The van der Waals surface area contributed by atoms with E-state index in [1.165, 1.54) is 0 Å². The molecule has 0 aliphatic heterocycles. The van der Waals surface area contributed by atoms with Gasteiger partial charge in [0.05, 0.1) is 23.2 Å². The highest BCUT2D eigenvalue weighted by atomic mass is 32.2. The fraction of sp³-hybridized carbons (Fsp3) is 0.500. The summed E-state index contributed by atoms with van der Waals surface area (Å²) in [5, 5.41) is 2.22. The van der Waals surface area contributed by atoms with Crippen LogP contribution in [0.1, 0.15) is 32.1 Å². The van der Waals surface area contributed by atoms with Crippen LogP contribution in [0.5, 0.6) is 0 Å². The molecule has 0 aromatic heterocycles. The lowest BCUT2D eigenvalue weighted by Gasteiger charge is -2.21. The second-order valence-corrected chi connectivity index (χ2v) is 7.31. The van der Waals surface area contributed by atoms with Crippen molar-refractivity contribution < 1.29 is 13.2 Å². The summed E-state index contributed by atoms with van der Waals surface area (Å²) in [6, 6.07) is 6.85. The van der Waals surface area contributed by atoms with Crippen molar-refractivity contribution in [2.24, 2.45) is 0 Å². The van der Waals surface area contributed by atoms with E-state index < -0.39 is 15.9 Å². The van der Waals surface area contributed by atoms with E-state index in [1.54, 1.807) is 24.3 Å². The molecule has 1 aliphatic rings. The van der Waals surface area contributed by atoms with Crippen molar-refractivity contribution in [3.8, 4) is 0 Å². The number of anilines is 2. The summed E-state index contributed by atoms with van der Waals surface area (Å²) in [5.74, 6) is -0.424. The second kappa shape index (κ2) is 6.91. The van der Waals surface area contributed by atoms with Gasteiger partial charge in [0.1, 0.15) is 0 Å². The molecule has 1 amide bonds. The Morgan fingerprint density at radius 2 is 1.86 bits per heavy atom. The Labute approximate surface area is 125 Å². The molecule has 0 atom stereocenters. The molecule has 0 spiro atoms. The van der Waals surface area contributed by atoms with Gasteiger partial charge in [0.25, 0.3) is 0 Å². The number of para-hydroxylation sites is 2.